The van der Waals surface area contributed by atoms with Gasteiger partial charge in [0.1, 0.15) is 5.56 Å². The summed E-state index contributed by atoms with van der Waals surface area (Å²) in [5.41, 5.74) is -2.00. The van der Waals surface area contributed by atoms with Crippen molar-refractivity contribution in [3.8, 4) is 0 Å². The Morgan fingerprint density at radius 1 is 1.53 bits per heavy atom. The van der Waals surface area contributed by atoms with E-state index in [2.05, 4.69) is 4.98 Å². The van der Waals surface area contributed by atoms with Gasteiger partial charge in [-0.25, -0.2) is 8.78 Å². The van der Waals surface area contributed by atoms with Gasteiger partial charge in [-0.2, -0.15) is 4.39 Å². The summed E-state index contributed by atoms with van der Waals surface area (Å²) in [6.45, 7) is 0. The molecule has 0 unspecified atom stereocenters. The quantitative estimate of drug-likeness (QED) is 0.337. The first-order valence-electron chi connectivity index (χ1n) is 3.55. The minimum atomic E-state index is -3.25. The third kappa shape index (κ3) is 2.09. The number of rotatable bonds is 3. The van der Waals surface area contributed by atoms with E-state index < -0.39 is 34.2 Å². The van der Waals surface area contributed by atoms with Crippen LogP contribution in [0.3, 0.4) is 0 Å². The molecule has 0 radical (unpaired) electrons. The Kier molecular flexibility index (Phi) is 2.98. The molecule has 80 valence electrons. The van der Waals surface area contributed by atoms with Crippen LogP contribution < -0.4 is 0 Å². The Morgan fingerprint density at radius 3 is 2.53 bits per heavy atom. The molecule has 0 aliphatic rings. The average Bonchev–Trinajstić information content (AvgIpc) is 2.15. The van der Waals surface area contributed by atoms with Crippen LogP contribution in [0.2, 0.25) is 0 Å². The summed E-state index contributed by atoms with van der Waals surface area (Å²) < 4.78 is 37.3. The van der Waals surface area contributed by atoms with Crippen LogP contribution in [0, 0.1) is 16.1 Å². The monoisotopic (exact) mass is 220 g/mol. The number of carbonyl (C=O) groups is 1. The van der Waals surface area contributed by atoms with E-state index in [4.69, 9.17) is 0 Å². The molecule has 0 N–H and O–H groups in total. The molecule has 0 aliphatic carbocycles. The first-order chi connectivity index (χ1) is 6.97. The lowest BCUT2D eigenvalue weighted by Crippen LogP contribution is -2.04. The number of pyridine rings is 1. The number of nitro groups is 1. The average molecular weight is 220 g/mol. The van der Waals surface area contributed by atoms with E-state index in [1.165, 1.54) is 0 Å². The number of nitrogens with zero attached hydrogens (tertiary/aromatic N) is 2. The van der Waals surface area contributed by atoms with Crippen molar-refractivity contribution < 1.29 is 22.9 Å². The van der Waals surface area contributed by atoms with Crippen LogP contribution in [0.4, 0.5) is 19.0 Å². The van der Waals surface area contributed by atoms with E-state index in [9.17, 15) is 28.1 Å². The number of carbonyl (C=O) groups excluding carboxylic acids is 1. The number of aromatic nitrogens is 1. The second-order valence-electron chi connectivity index (χ2n) is 2.45. The van der Waals surface area contributed by atoms with Crippen molar-refractivity contribution in [1.82, 2.24) is 4.98 Å². The maximum Gasteiger partial charge on any atom is 0.367 e. The maximum absolute atomic E-state index is 12.9. The first kappa shape index (κ1) is 11.1. The van der Waals surface area contributed by atoms with Crippen molar-refractivity contribution in [3.05, 3.63) is 33.3 Å². The molecule has 5 nitrogen and oxygen atoms in total. The smallest absolute Gasteiger partial charge is 0.358 e. The van der Waals surface area contributed by atoms with Crippen molar-refractivity contribution >= 4 is 12.1 Å². The Balaban J connectivity index is 3.43. The maximum atomic E-state index is 12.9. The molecule has 0 aliphatic heterocycles. The molecule has 0 fully saturated rings. The van der Waals surface area contributed by atoms with Crippen LogP contribution in [0.15, 0.2) is 6.07 Å². The van der Waals surface area contributed by atoms with Crippen LogP contribution in [0.25, 0.3) is 0 Å². The minimum Gasteiger partial charge on any atom is -0.358 e. The van der Waals surface area contributed by atoms with Crippen molar-refractivity contribution in [2.45, 2.75) is 6.43 Å². The molecule has 0 saturated heterocycles. The highest BCUT2D eigenvalue weighted by Gasteiger charge is 2.26. The molecule has 1 aromatic rings. The molecule has 0 aromatic carbocycles. The molecule has 0 bridgehead atoms. The fourth-order valence-electron chi connectivity index (χ4n) is 0.936. The second-order valence-corrected chi connectivity index (χ2v) is 2.45. The zero-order valence-electron chi connectivity index (χ0n) is 6.99. The molecule has 15 heavy (non-hydrogen) atoms. The van der Waals surface area contributed by atoms with E-state index in [0.717, 1.165) is 0 Å². The largest absolute Gasteiger partial charge is 0.367 e. The van der Waals surface area contributed by atoms with Gasteiger partial charge in [-0.15, -0.1) is 0 Å². The molecule has 1 aromatic heterocycles. The summed E-state index contributed by atoms with van der Waals surface area (Å²) in [5.74, 6) is -2.69. The van der Waals surface area contributed by atoms with Crippen LogP contribution in [-0.4, -0.2) is 16.2 Å². The Bertz CT molecular complexity index is 422. The van der Waals surface area contributed by atoms with Crippen molar-refractivity contribution in [3.63, 3.8) is 0 Å². The van der Waals surface area contributed by atoms with Gasteiger partial charge < -0.3 is 10.1 Å². The van der Waals surface area contributed by atoms with E-state index in [1.54, 1.807) is 0 Å². The standard InChI is InChI=1S/C7H3F3N2O3/c8-6(9)5-3(2-13)1-4(12(14)15)11-7(5)10/h1-2,6H. The molecule has 0 spiro atoms. The number of alkyl halides is 2. The molecule has 1 heterocycles. The van der Waals surface area contributed by atoms with E-state index >= 15 is 0 Å². The summed E-state index contributed by atoms with van der Waals surface area (Å²) in [6, 6.07) is 0.498. The van der Waals surface area contributed by atoms with Gasteiger partial charge in [0, 0.05) is 11.6 Å². The normalized spacial score (nSPS) is 10.4. The lowest BCUT2D eigenvalue weighted by Gasteiger charge is -2.01. The minimum absolute atomic E-state index is 0.0841. The predicted octanol–water partition coefficient (Wildman–Crippen LogP) is 1.88. The van der Waals surface area contributed by atoms with Gasteiger partial charge in [-0.1, -0.05) is 0 Å². The topological polar surface area (TPSA) is 73.1 Å². The first-order valence-corrected chi connectivity index (χ1v) is 3.55. The third-order valence-electron chi connectivity index (χ3n) is 1.56. The Labute approximate surface area is 80.7 Å². The van der Waals surface area contributed by atoms with Gasteiger partial charge in [-0.3, -0.25) is 4.79 Å². The van der Waals surface area contributed by atoms with Crippen molar-refractivity contribution in [2.24, 2.45) is 0 Å². The highest BCUT2D eigenvalue weighted by atomic mass is 19.3. The summed E-state index contributed by atoms with van der Waals surface area (Å²) in [4.78, 5) is 22.1. The third-order valence-corrected chi connectivity index (χ3v) is 1.56. The van der Waals surface area contributed by atoms with Crippen molar-refractivity contribution in [1.29, 1.82) is 0 Å². The van der Waals surface area contributed by atoms with Gasteiger partial charge in [0.2, 0.25) is 0 Å². The summed E-state index contributed by atoms with van der Waals surface area (Å²) in [5, 5.41) is 10.2. The van der Waals surface area contributed by atoms with E-state index in [0.29, 0.717) is 6.07 Å². The zero-order chi connectivity index (χ0) is 11.6. The number of halogens is 3. The second kappa shape index (κ2) is 4.03. The molecule has 0 amide bonds. The fourth-order valence-corrected chi connectivity index (χ4v) is 0.936. The fraction of sp³-hybridized carbons (Fsp3) is 0.143. The number of hydrogen-bond acceptors (Lipinski definition) is 4. The SMILES string of the molecule is O=Cc1cc([N+](=O)[O-])nc(F)c1C(F)F. The lowest BCUT2D eigenvalue weighted by atomic mass is 10.1. The van der Waals surface area contributed by atoms with Gasteiger partial charge in [0.25, 0.3) is 6.43 Å². The Hall–Kier alpha value is -1.99. The van der Waals surface area contributed by atoms with E-state index in [-0.39, 0.29) is 6.29 Å². The molecule has 8 heteroatoms. The Morgan fingerprint density at radius 2 is 2.13 bits per heavy atom. The van der Waals surface area contributed by atoms with Gasteiger partial charge in [0.05, 0.1) is 0 Å². The van der Waals surface area contributed by atoms with Crippen LogP contribution >= 0.6 is 0 Å². The highest BCUT2D eigenvalue weighted by Crippen LogP contribution is 2.26. The lowest BCUT2D eigenvalue weighted by molar-refractivity contribution is -0.390. The molecular weight excluding hydrogens is 217 g/mol. The van der Waals surface area contributed by atoms with Gasteiger partial charge >= 0.3 is 11.8 Å². The number of aldehydes is 1. The van der Waals surface area contributed by atoms with Gasteiger partial charge in [0.15, 0.2) is 6.29 Å². The summed E-state index contributed by atoms with van der Waals surface area (Å²) in [7, 11) is 0. The predicted molar refractivity (Wildman–Crippen MR) is 41.2 cm³/mol. The summed E-state index contributed by atoms with van der Waals surface area (Å²) >= 11 is 0. The zero-order valence-corrected chi connectivity index (χ0v) is 6.99. The summed E-state index contributed by atoms with van der Waals surface area (Å²) in [6.07, 6.45) is -3.34. The highest BCUT2D eigenvalue weighted by molar-refractivity contribution is 5.78. The molecule has 1 rings (SSSR count). The molecular formula is C7H3F3N2O3. The molecule has 0 saturated carbocycles. The van der Waals surface area contributed by atoms with Crippen LogP contribution in [-0.2, 0) is 0 Å². The van der Waals surface area contributed by atoms with E-state index in [1.807, 2.05) is 0 Å². The van der Waals surface area contributed by atoms with Crippen LogP contribution in [0.1, 0.15) is 22.3 Å². The molecule has 0 atom stereocenters. The number of hydrogen-bond donors (Lipinski definition) is 0. The van der Waals surface area contributed by atoms with Gasteiger partial charge in [-0.05, 0) is 9.91 Å². The van der Waals surface area contributed by atoms with Crippen molar-refractivity contribution in [2.75, 3.05) is 0 Å². The van der Waals surface area contributed by atoms with Crippen LogP contribution in [0.5, 0.6) is 0 Å².